The second-order valence-electron chi connectivity index (χ2n) is 7.20. The van der Waals surface area contributed by atoms with Gasteiger partial charge in [-0.25, -0.2) is 4.57 Å². The van der Waals surface area contributed by atoms with E-state index < -0.39 is 14.5 Å². The van der Waals surface area contributed by atoms with Crippen molar-refractivity contribution in [2.24, 2.45) is 0 Å². The molecule has 0 aromatic heterocycles. The molecule has 0 fully saturated rings. The van der Waals surface area contributed by atoms with Gasteiger partial charge in [0.2, 0.25) is 0 Å². The van der Waals surface area contributed by atoms with E-state index in [0.29, 0.717) is 13.2 Å². The molecule has 0 radical (unpaired) electrons. The summed E-state index contributed by atoms with van der Waals surface area (Å²) < 4.78 is 45.8. The Bertz CT molecular complexity index is 406. The maximum atomic E-state index is 13.0. The minimum atomic E-state index is -3.91. The van der Waals surface area contributed by atoms with E-state index in [1.165, 1.54) is 0 Å². The van der Waals surface area contributed by atoms with Crippen molar-refractivity contribution in [1.82, 2.24) is 0 Å². The van der Waals surface area contributed by atoms with Crippen molar-refractivity contribution in [3.63, 3.8) is 0 Å². The Kier molecular flexibility index (Phi) is 20.7. The van der Waals surface area contributed by atoms with E-state index >= 15 is 0 Å². The topological polar surface area (TPSA) is 72.5 Å². The third-order valence-corrected chi connectivity index (χ3v) is 7.65. The van der Waals surface area contributed by atoms with Gasteiger partial charge in [-0.3, -0.25) is 9.05 Å². The van der Waals surface area contributed by atoms with Crippen LogP contribution in [0.5, 0.6) is 0 Å². The molecule has 0 spiro atoms. The van der Waals surface area contributed by atoms with Crippen molar-refractivity contribution in [1.29, 1.82) is 0 Å². The molecular formula is C20H44O7P2S. The van der Waals surface area contributed by atoms with Crippen LogP contribution in [0.3, 0.4) is 0 Å². The monoisotopic (exact) mass is 490 g/mol. The van der Waals surface area contributed by atoms with E-state index in [-0.39, 0.29) is 13.2 Å². The molecule has 0 atom stereocenters. The predicted octanol–water partition coefficient (Wildman–Crippen LogP) is 8.09. The lowest BCUT2D eigenvalue weighted by Gasteiger charge is -2.23. The molecule has 0 bridgehead atoms. The lowest BCUT2D eigenvalue weighted by atomic mass is 10.3. The molecule has 0 unspecified atom stereocenters. The minimum Gasteiger partial charge on any atom is -0.307 e. The van der Waals surface area contributed by atoms with Crippen molar-refractivity contribution in [3.05, 3.63) is 0 Å². The zero-order chi connectivity index (χ0) is 22.6. The van der Waals surface area contributed by atoms with E-state index in [0.717, 1.165) is 77.0 Å². The second-order valence-corrected chi connectivity index (χ2v) is 11.7. The third-order valence-electron chi connectivity index (χ3n) is 4.21. The largest absolute Gasteiger partial charge is 0.502 e. The number of unbranched alkanes of at least 4 members (excludes halogenated alkanes) is 8. The first-order chi connectivity index (χ1) is 14.4. The van der Waals surface area contributed by atoms with Crippen LogP contribution in [-0.4, -0.2) is 26.4 Å². The standard InChI is InChI=1S/C20H44O7P2S/c1-5-9-13-17-22-28(21,23-18-14-10-6-2)26-27-29(30,24-19-15-11-7-3)25-20-16-12-8-4/h5-20H2,1-4H3. The highest BCUT2D eigenvalue weighted by Gasteiger charge is 2.33. The predicted molar refractivity (Wildman–Crippen MR) is 126 cm³/mol. The summed E-state index contributed by atoms with van der Waals surface area (Å²) in [6.45, 7) is 6.52. The highest BCUT2D eigenvalue weighted by molar-refractivity contribution is 8.07. The maximum absolute atomic E-state index is 13.0. The van der Waals surface area contributed by atoms with E-state index in [1.54, 1.807) is 0 Å². The van der Waals surface area contributed by atoms with Gasteiger partial charge in [0.25, 0.3) is 0 Å². The van der Waals surface area contributed by atoms with Gasteiger partial charge in [-0.15, -0.1) is 9.35 Å². The van der Waals surface area contributed by atoms with Crippen LogP contribution in [0.1, 0.15) is 105 Å². The summed E-state index contributed by atoms with van der Waals surface area (Å²) in [6.07, 6.45) is 11.4. The fourth-order valence-electron chi connectivity index (χ4n) is 2.36. The summed E-state index contributed by atoms with van der Waals surface area (Å²) in [5.74, 6) is 0. The van der Waals surface area contributed by atoms with Crippen molar-refractivity contribution in [2.45, 2.75) is 105 Å². The fourth-order valence-corrected chi connectivity index (χ4v) is 5.43. The van der Waals surface area contributed by atoms with Gasteiger partial charge in [0.05, 0.1) is 26.4 Å². The zero-order valence-corrected chi connectivity index (χ0v) is 22.1. The molecule has 30 heavy (non-hydrogen) atoms. The van der Waals surface area contributed by atoms with Crippen LogP contribution < -0.4 is 0 Å². The number of phosphoric ester groups is 1. The van der Waals surface area contributed by atoms with E-state index in [1.807, 2.05) is 0 Å². The first-order valence-corrected chi connectivity index (χ1v) is 15.6. The van der Waals surface area contributed by atoms with Crippen LogP contribution in [0.25, 0.3) is 0 Å². The average molecular weight is 491 g/mol. The van der Waals surface area contributed by atoms with Crippen molar-refractivity contribution >= 4 is 26.3 Å². The Morgan fingerprint density at radius 2 is 0.867 bits per heavy atom. The Morgan fingerprint density at radius 1 is 0.533 bits per heavy atom. The van der Waals surface area contributed by atoms with Crippen LogP contribution in [0.4, 0.5) is 0 Å². The number of rotatable bonds is 23. The molecule has 0 saturated carbocycles. The Hall–Kier alpha value is 0.640. The van der Waals surface area contributed by atoms with Gasteiger partial charge in [-0.2, -0.15) is 0 Å². The fraction of sp³-hybridized carbons (Fsp3) is 1.00. The lowest BCUT2D eigenvalue weighted by molar-refractivity contribution is -0.148. The molecule has 0 aromatic rings. The molecule has 0 aliphatic rings. The normalized spacial score (nSPS) is 12.5. The van der Waals surface area contributed by atoms with Crippen LogP contribution in [0.15, 0.2) is 0 Å². The van der Waals surface area contributed by atoms with E-state index in [2.05, 4.69) is 27.7 Å². The molecule has 0 aromatic carbocycles. The summed E-state index contributed by atoms with van der Waals surface area (Å²) in [7, 11) is -3.91. The van der Waals surface area contributed by atoms with Gasteiger partial charge < -0.3 is 9.05 Å². The first kappa shape index (κ1) is 30.6. The summed E-state index contributed by atoms with van der Waals surface area (Å²) in [4.78, 5) is 0. The summed E-state index contributed by atoms with van der Waals surface area (Å²) >= 11 is 5.46. The van der Waals surface area contributed by atoms with Crippen LogP contribution >= 0.6 is 14.5 Å². The molecule has 0 heterocycles. The average Bonchev–Trinajstić information content (AvgIpc) is 2.74. The summed E-state index contributed by atoms with van der Waals surface area (Å²) in [5, 5.41) is 0. The number of phosphoric acid groups is 1. The Labute approximate surface area is 189 Å². The van der Waals surface area contributed by atoms with Crippen LogP contribution in [0.2, 0.25) is 0 Å². The summed E-state index contributed by atoms with van der Waals surface area (Å²) in [5.41, 5.74) is 0. The van der Waals surface area contributed by atoms with Gasteiger partial charge in [0, 0.05) is 0 Å². The number of hydrogen-bond donors (Lipinski definition) is 0. The third kappa shape index (κ3) is 17.2. The van der Waals surface area contributed by atoms with Gasteiger partial charge >= 0.3 is 14.5 Å². The molecule has 7 nitrogen and oxygen atoms in total. The van der Waals surface area contributed by atoms with Gasteiger partial charge in [-0.05, 0) is 37.5 Å². The quantitative estimate of drug-likeness (QED) is 0.0616. The SMILES string of the molecule is CCCCCOP(=O)(OCCCCC)OOP(=S)(OCCCCC)OCCCCC. The molecule has 0 aliphatic heterocycles. The molecule has 0 aliphatic carbocycles. The number of hydrogen-bond acceptors (Lipinski definition) is 8. The molecule has 0 amide bonds. The zero-order valence-electron chi connectivity index (χ0n) is 19.5. The minimum absolute atomic E-state index is 0.264. The lowest BCUT2D eigenvalue weighted by Crippen LogP contribution is -2.07. The molecule has 0 saturated heterocycles. The molecule has 0 rings (SSSR count). The summed E-state index contributed by atoms with van der Waals surface area (Å²) in [6, 6.07) is 0. The van der Waals surface area contributed by atoms with Gasteiger partial charge in [0.1, 0.15) is 0 Å². The molecule has 182 valence electrons. The van der Waals surface area contributed by atoms with Crippen molar-refractivity contribution in [2.75, 3.05) is 26.4 Å². The van der Waals surface area contributed by atoms with Crippen molar-refractivity contribution < 1.29 is 32.0 Å². The molecular weight excluding hydrogens is 446 g/mol. The highest BCUT2D eigenvalue weighted by atomic mass is 32.5. The van der Waals surface area contributed by atoms with E-state index in [4.69, 9.17) is 39.3 Å². The first-order valence-electron chi connectivity index (χ1n) is 11.6. The van der Waals surface area contributed by atoms with Gasteiger partial charge in [-0.1, -0.05) is 79.1 Å². The highest BCUT2D eigenvalue weighted by Crippen LogP contribution is 2.58. The van der Waals surface area contributed by atoms with Crippen LogP contribution in [0, 0.1) is 0 Å². The maximum Gasteiger partial charge on any atom is 0.502 e. The van der Waals surface area contributed by atoms with Gasteiger partial charge in [0.15, 0.2) is 0 Å². The van der Waals surface area contributed by atoms with E-state index in [9.17, 15) is 4.57 Å². The Balaban J connectivity index is 4.87. The smallest absolute Gasteiger partial charge is 0.307 e. The molecule has 10 heteroatoms. The second kappa shape index (κ2) is 20.3. The molecule has 0 N–H and O–H groups in total. The van der Waals surface area contributed by atoms with Crippen LogP contribution in [-0.2, 0) is 43.8 Å². The Morgan fingerprint density at radius 3 is 1.20 bits per heavy atom. The van der Waals surface area contributed by atoms with Crippen molar-refractivity contribution in [3.8, 4) is 0 Å².